The smallest absolute Gasteiger partial charge is 0.147 e. The van der Waals surface area contributed by atoms with Crippen LogP contribution in [0.25, 0.3) is 22.0 Å². The molecule has 5 rings (SSSR count). The van der Waals surface area contributed by atoms with E-state index in [9.17, 15) is 0 Å². The fraction of sp³-hybridized carbons (Fsp3) is 0.167. The van der Waals surface area contributed by atoms with E-state index in [2.05, 4.69) is 69.4 Å². The maximum absolute atomic E-state index is 6.01. The Kier molecular flexibility index (Phi) is 4.78. The summed E-state index contributed by atoms with van der Waals surface area (Å²) in [7, 11) is 0. The molecule has 0 N–H and O–H groups in total. The van der Waals surface area contributed by atoms with Crippen LogP contribution in [-0.4, -0.2) is 36.1 Å². The molecule has 1 aliphatic heterocycles. The van der Waals surface area contributed by atoms with E-state index in [4.69, 9.17) is 16.6 Å². The van der Waals surface area contributed by atoms with E-state index in [1.165, 1.54) is 16.5 Å². The lowest BCUT2D eigenvalue weighted by atomic mass is 10.1. The molecule has 144 valence electrons. The zero-order chi connectivity index (χ0) is 19.6. The molecule has 1 saturated heterocycles. The molecule has 0 bridgehead atoms. The average molecular weight is 401 g/mol. The minimum atomic E-state index is 0.771. The largest absolute Gasteiger partial charge is 0.368 e. The second-order valence-electron chi connectivity index (χ2n) is 7.27. The molecule has 0 unspecified atom stereocenters. The molecule has 4 nitrogen and oxygen atoms in total. The molecule has 0 atom stereocenters. The van der Waals surface area contributed by atoms with E-state index in [0.717, 1.165) is 48.3 Å². The summed E-state index contributed by atoms with van der Waals surface area (Å²) in [5.74, 6) is 0.936. The Morgan fingerprint density at radius 1 is 0.724 bits per heavy atom. The predicted molar refractivity (Wildman–Crippen MR) is 121 cm³/mol. The second-order valence-corrected chi connectivity index (χ2v) is 7.71. The summed E-state index contributed by atoms with van der Waals surface area (Å²) in [6.45, 7) is 3.73. The van der Waals surface area contributed by atoms with Crippen molar-refractivity contribution >= 4 is 33.9 Å². The first-order valence-electron chi connectivity index (χ1n) is 9.83. The van der Waals surface area contributed by atoms with Crippen LogP contribution in [0.1, 0.15) is 0 Å². The number of hydrogen-bond acceptors (Lipinski definition) is 4. The van der Waals surface area contributed by atoms with Crippen LogP contribution in [-0.2, 0) is 0 Å². The van der Waals surface area contributed by atoms with Crippen LogP contribution in [0.5, 0.6) is 0 Å². The predicted octanol–water partition coefficient (Wildman–Crippen LogP) is 5.28. The van der Waals surface area contributed by atoms with E-state index >= 15 is 0 Å². The van der Waals surface area contributed by atoms with Crippen LogP contribution in [0.2, 0.25) is 5.02 Å². The molecule has 0 radical (unpaired) electrons. The number of anilines is 2. The van der Waals surface area contributed by atoms with E-state index in [-0.39, 0.29) is 0 Å². The lowest BCUT2D eigenvalue weighted by Crippen LogP contribution is -2.46. The van der Waals surface area contributed by atoms with Gasteiger partial charge in [-0.2, -0.15) is 0 Å². The highest BCUT2D eigenvalue weighted by Gasteiger charge is 2.19. The molecule has 0 aliphatic carbocycles. The summed E-state index contributed by atoms with van der Waals surface area (Å²) in [6.07, 6.45) is 3.71. The van der Waals surface area contributed by atoms with Crippen LogP contribution in [0.4, 0.5) is 11.5 Å². The lowest BCUT2D eigenvalue weighted by Gasteiger charge is -2.36. The van der Waals surface area contributed by atoms with E-state index < -0.39 is 0 Å². The number of rotatable bonds is 3. The van der Waals surface area contributed by atoms with Gasteiger partial charge < -0.3 is 9.80 Å². The number of piperazine rings is 1. The molecule has 4 aromatic rings. The van der Waals surface area contributed by atoms with Crippen molar-refractivity contribution in [3.8, 4) is 11.3 Å². The standard InChI is InChI=1S/C24H21ClN4/c25-21-7-9-22(10-8-21)28-11-13-29(14-12-28)24-17-26-16-23(27-24)20-6-5-18-3-1-2-4-19(18)15-20/h1-10,15-17H,11-14H2. The molecule has 0 amide bonds. The van der Waals surface area contributed by atoms with Crippen LogP contribution in [0.3, 0.4) is 0 Å². The highest BCUT2D eigenvalue weighted by Crippen LogP contribution is 2.25. The maximum Gasteiger partial charge on any atom is 0.147 e. The topological polar surface area (TPSA) is 32.3 Å². The van der Waals surface area contributed by atoms with Crippen molar-refractivity contribution in [2.75, 3.05) is 36.0 Å². The van der Waals surface area contributed by atoms with Crippen molar-refractivity contribution in [1.82, 2.24) is 9.97 Å². The Morgan fingerprint density at radius 2 is 1.45 bits per heavy atom. The molecule has 1 aliphatic rings. The van der Waals surface area contributed by atoms with E-state index in [1.807, 2.05) is 24.5 Å². The molecule has 1 fully saturated rings. The maximum atomic E-state index is 6.01. The van der Waals surface area contributed by atoms with Gasteiger partial charge in [0.2, 0.25) is 0 Å². The quantitative estimate of drug-likeness (QED) is 0.468. The minimum Gasteiger partial charge on any atom is -0.368 e. The Hall–Kier alpha value is -3.11. The third-order valence-corrected chi connectivity index (χ3v) is 5.71. The highest BCUT2D eigenvalue weighted by molar-refractivity contribution is 6.30. The molecule has 0 saturated carbocycles. The molecule has 1 aromatic heterocycles. The van der Waals surface area contributed by atoms with Crippen molar-refractivity contribution in [2.24, 2.45) is 0 Å². The summed E-state index contributed by atoms with van der Waals surface area (Å²) in [5.41, 5.74) is 3.22. The van der Waals surface area contributed by atoms with Gasteiger partial charge in [-0.15, -0.1) is 0 Å². The Morgan fingerprint density at radius 3 is 2.24 bits per heavy atom. The zero-order valence-corrected chi connectivity index (χ0v) is 16.8. The summed E-state index contributed by atoms with van der Waals surface area (Å²) in [4.78, 5) is 14.1. The van der Waals surface area contributed by atoms with Gasteiger partial charge in [0.1, 0.15) is 5.82 Å². The molecule has 2 heterocycles. The van der Waals surface area contributed by atoms with Gasteiger partial charge in [0.25, 0.3) is 0 Å². The van der Waals surface area contributed by atoms with Crippen molar-refractivity contribution in [1.29, 1.82) is 0 Å². The fourth-order valence-corrected chi connectivity index (χ4v) is 3.97. The van der Waals surface area contributed by atoms with Gasteiger partial charge in [0.05, 0.1) is 18.1 Å². The van der Waals surface area contributed by atoms with Gasteiger partial charge in [-0.05, 0) is 41.1 Å². The third-order valence-electron chi connectivity index (χ3n) is 5.46. The Labute approximate surface area is 175 Å². The number of benzene rings is 3. The fourth-order valence-electron chi connectivity index (χ4n) is 3.84. The lowest BCUT2D eigenvalue weighted by molar-refractivity contribution is 0.646. The van der Waals surface area contributed by atoms with E-state index in [0.29, 0.717) is 0 Å². The normalized spacial score (nSPS) is 14.4. The molecule has 0 spiro atoms. The first kappa shape index (κ1) is 18.0. The van der Waals surface area contributed by atoms with Gasteiger partial charge in [-0.25, -0.2) is 4.98 Å². The molecule has 5 heteroatoms. The van der Waals surface area contributed by atoms with Gasteiger partial charge >= 0.3 is 0 Å². The first-order chi connectivity index (χ1) is 14.3. The highest BCUT2D eigenvalue weighted by atomic mass is 35.5. The van der Waals surface area contributed by atoms with Gasteiger partial charge in [0, 0.05) is 42.5 Å². The molecular formula is C24H21ClN4. The van der Waals surface area contributed by atoms with Gasteiger partial charge in [0.15, 0.2) is 0 Å². The van der Waals surface area contributed by atoms with Crippen LogP contribution in [0.15, 0.2) is 79.1 Å². The molecular weight excluding hydrogens is 380 g/mol. The number of aromatic nitrogens is 2. The zero-order valence-electron chi connectivity index (χ0n) is 16.0. The molecule has 29 heavy (non-hydrogen) atoms. The Bertz CT molecular complexity index is 1130. The van der Waals surface area contributed by atoms with Crippen molar-refractivity contribution in [3.63, 3.8) is 0 Å². The second kappa shape index (κ2) is 7.72. The Balaban J connectivity index is 1.34. The summed E-state index contributed by atoms with van der Waals surface area (Å²) in [6, 6.07) is 22.9. The van der Waals surface area contributed by atoms with E-state index in [1.54, 1.807) is 0 Å². The molecule has 3 aromatic carbocycles. The van der Waals surface area contributed by atoms with Crippen LogP contribution in [0, 0.1) is 0 Å². The monoisotopic (exact) mass is 400 g/mol. The van der Waals surface area contributed by atoms with Crippen LogP contribution >= 0.6 is 11.6 Å². The number of hydrogen-bond donors (Lipinski definition) is 0. The van der Waals surface area contributed by atoms with Gasteiger partial charge in [-0.1, -0.05) is 48.0 Å². The third kappa shape index (κ3) is 3.76. The first-order valence-corrected chi connectivity index (χ1v) is 10.2. The SMILES string of the molecule is Clc1ccc(N2CCN(c3cncc(-c4ccc5ccccc5c4)n3)CC2)cc1. The minimum absolute atomic E-state index is 0.771. The number of nitrogens with zero attached hydrogens (tertiary/aromatic N) is 4. The summed E-state index contributed by atoms with van der Waals surface area (Å²) < 4.78 is 0. The van der Waals surface area contributed by atoms with Crippen molar-refractivity contribution in [3.05, 3.63) is 84.1 Å². The summed E-state index contributed by atoms with van der Waals surface area (Å²) in [5, 5.41) is 3.22. The average Bonchev–Trinajstić information content (AvgIpc) is 2.79. The summed E-state index contributed by atoms with van der Waals surface area (Å²) >= 11 is 6.01. The number of fused-ring (bicyclic) bond motifs is 1. The van der Waals surface area contributed by atoms with Crippen LogP contribution < -0.4 is 9.80 Å². The van der Waals surface area contributed by atoms with Gasteiger partial charge in [-0.3, -0.25) is 4.98 Å². The number of halogens is 1. The van der Waals surface area contributed by atoms with Crippen molar-refractivity contribution < 1.29 is 0 Å². The van der Waals surface area contributed by atoms with Crippen molar-refractivity contribution in [2.45, 2.75) is 0 Å².